The van der Waals surface area contributed by atoms with Gasteiger partial charge in [-0.2, -0.15) is 0 Å². The zero-order chi connectivity index (χ0) is 21.7. The fourth-order valence-corrected chi connectivity index (χ4v) is 5.75. The van der Waals surface area contributed by atoms with E-state index in [1.807, 2.05) is 0 Å². The number of hydrogen-bond donors (Lipinski definition) is 1. The Morgan fingerprint density at radius 2 is 1.74 bits per heavy atom. The van der Waals surface area contributed by atoms with Crippen LogP contribution in [0.5, 0.6) is 0 Å². The molecule has 1 N–H and O–H groups in total. The third-order valence-corrected chi connectivity index (χ3v) is 7.48. The lowest BCUT2D eigenvalue weighted by Crippen LogP contribution is -2.54. The molecule has 2 aliphatic rings. The van der Waals surface area contributed by atoms with Crippen LogP contribution in [0.3, 0.4) is 0 Å². The van der Waals surface area contributed by atoms with Crippen molar-refractivity contribution in [2.75, 3.05) is 31.1 Å². The molecular weight excluding hydrogens is 380 g/mol. The van der Waals surface area contributed by atoms with Crippen molar-refractivity contribution in [2.24, 2.45) is 5.92 Å². The number of benzene rings is 2. The minimum Gasteiger partial charge on any atom is -0.389 e. The van der Waals surface area contributed by atoms with Crippen LogP contribution in [0.4, 0.5) is 5.69 Å². The molecule has 3 atom stereocenters. The van der Waals surface area contributed by atoms with E-state index in [4.69, 9.17) is 0 Å². The maximum Gasteiger partial charge on any atom is 0.0706 e. The summed E-state index contributed by atoms with van der Waals surface area (Å²) >= 11 is 0. The van der Waals surface area contributed by atoms with Crippen molar-refractivity contribution in [3.8, 4) is 0 Å². The van der Waals surface area contributed by atoms with Crippen LogP contribution in [0, 0.1) is 5.92 Å². The molecule has 1 heterocycles. The standard InChI is InChI=1S/C28H38N2O/c1-3-29(4-2)25-17-15-24(16-18-25)27-26-14-8-9-19-28(26,31)20-22-30(27)21-10-13-23-11-6-5-7-12-23/h5-7,10-13,15-18,26-27,31H,3-4,8-9,14,19-22H2,1-2H3/b13-10+/t26-,27-,28-/m0/s1. The van der Waals surface area contributed by atoms with E-state index in [-0.39, 0.29) is 6.04 Å². The zero-order valence-corrected chi connectivity index (χ0v) is 19.2. The van der Waals surface area contributed by atoms with Crippen molar-refractivity contribution in [3.05, 3.63) is 71.8 Å². The van der Waals surface area contributed by atoms with Crippen LogP contribution in [-0.4, -0.2) is 41.8 Å². The number of rotatable bonds is 7. The van der Waals surface area contributed by atoms with Gasteiger partial charge in [0.1, 0.15) is 0 Å². The van der Waals surface area contributed by atoms with Gasteiger partial charge < -0.3 is 10.0 Å². The molecule has 0 aromatic heterocycles. The Hall–Kier alpha value is -2.10. The van der Waals surface area contributed by atoms with Gasteiger partial charge in [0.2, 0.25) is 0 Å². The molecule has 166 valence electrons. The van der Waals surface area contributed by atoms with Crippen molar-refractivity contribution >= 4 is 11.8 Å². The van der Waals surface area contributed by atoms with Gasteiger partial charge in [-0.05, 0) is 56.4 Å². The number of nitrogens with zero attached hydrogens (tertiary/aromatic N) is 2. The molecule has 1 aliphatic heterocycles. The average molecular weight is 419 g/mol. The Morgan fingerprint density at radius 1 is 1.00 bits per heavy atom. The Kier molecular flexibility index (Phi) is 7.14. The maximum absolute atomic E-state index is 11.5. The summed E-state index contributed by atoms with van der Waals surface area (Å²) < 4.78 is 0. The second-order valence-electron chi connectivity index (χ2n) is 9.22. The number of aliphatic hydroxyl groups is 1. The first-order chi connectivity index (χ1) is 15.1. The Balaban J connectivity index is 1.59. The molecule has 1 saturated carbocycles. The smallest absolute Gasteiger partial charge is 0.0706 e. The molecule has 0 spiro atoms. The van der Waals surface area contributed by atoms with E-state index >= 15 is 0 Å². The molecule has 0 bridgehead atoms. The summed E-state index contributed by atoms with van der Waals surface area (Å²) in [5.41, 5.74) is 3.39. The van der Waals surface area contributed by atoms with Gasteiger partial charge in [0.05, 0.1) is 5.60 Å². The molecular formula is C28H38N2O. The Bertz CT molecular complexity index is 843. The van der Waals surface area contributed by atoms with Gasteiger partial charge in [-0.3, -0.25) is 4.90 Å². The third-order valence-electron chi connectivity index (χ3n) is 7.48. The summed E-state index contributed by atoms with van der Waals surface area (Å²) in [7, 11) is 0. The van der Waals surface area contributed by atoms with Crippen LogP contribution in [0.2, 0.25) is 0 Å². The molecule has 1 saturated heterocycles. The fourth-order valence-electron chi connectivity index (χ4n) is 5.75. The highest BCUT2D eigenvalue weighted by Gasteiger charge is 2.48. The topological polar surface area (TPSA) is 26.7 Å². The van der Waals surface area contributed by atoms with Crippen LogP contribution in [0.25, 0.3) is 6.08 Å². The lowest BCUT2D eigenvalue weighted by molar-refractivity contribution is -0.122. The van der Waals surface area contributed by atoms with Crippen molar-refractivity contribution in [1.82, 2.24) is 4.90 Å². The number of likely N-dealkylation sites (tertiary alicyclic amines) is 1. The van der Waals surface area contributed by atoms with Crippen LogP contribution < -0.4 is 4.90 Å². The second-order valence-corrected chi connectivity index (χ2v) is 9.22. The lowest BCUT2D eigenvalue weighted by atomic mass is 9.66. The van der Waals surface area contributed by atoms with E-state index in [1.54, 1.807) is 0 Å². The summed E-state index contributed by atoms with van der Waals surface area (Å²) in [4.78, 5) is 4.98. The number of piperidine rings is 1. The molecule has 2 aromatic carbocycles. The van der Waals surface area contributed by atoms with E-state index in [1.165, 1.54) is 23.2 Å². The molecule has 3 heteroatoms. The minimum absolute atomic E-state index is 0.283. The largest absolute Gasteiger partial charge is 0.389 e. The van der Waals surface area contributed by atoms with Gasteiger partial charge in [0.15, 0.2) is 0 Å². The highest BCUT2D eigenvalue weighted by Crippen LogP contribution is 2.49. The number of hydrogen-bond acceptors (Lipinski definition) is 3. The van der Waals surface area contributed by atoms with E-state index in [2.05, 4.69) is 90.4 Å². The van der Waals surface area contributed by atoms with Gasteiger partial charge in [-0.1, -0.05) is 67.5 Å². The predicted octanol–water partition coefficient (Wildman–Crippen LogP) is 5.91. The predicted molar refractivity (Wildman–Crippen MR) is 131 cm³/mol. The summed E-state index contributed by atoms with van der Waals surface area (Å²) in [5.74, 6) is 0.319. The summed E-state index contributed by atoms with van der Waals surface area (Å²) in [6.07, 6.45) is 9.88. The van der Waals surface area contributed by atoms with Crippen molar-refractivity contribution in [2.45, 2.75) is 57.6 Å². The molecule has 1 aliphatic carbocycles. The van der Waals surface area contributed by atoms with Gasteiger partial charge in [0, 0.05) is 43.8 Å². The van der Waals surface area contributed by atoms with Crippen molar-refractivity contribution in [1.29, 1.82) is 0 Å². The van der Waals surface area contributed by atoms with Crippen LogP contribution in [0.1, 0.15) is 63.1 Å². The molecule has 3 nitrogen and oxygen atoms in total. The molecule has 31 heavy (non-hydrogen) atoms. The van der Waals surface area contributed by atoms with Gasteiger partial charge in [0.25, 0.3) is 0 Å². The molecule has 2 fully saturated rings. The highest BCUT2D eigenvalue weighted by molar-refractivity contribution is 5.49. The first-order valence-electron chi connectivity index (χ1n) is 12.2. The highest BCUT2D eigenvalue weighted by atomic mass is 16.3. The third kappa shape index (κ3) is 4.88. The van der Waals surface area contributed by atoms with E-state index in [0.717, 1.165) is 51.9 Å². The number of anilines is 1. The normalized spacial score (nSPS) is 26.7. The quantitative estimate of drug-likeness (QED) is 0.605. The van der Waals surface area contributed by atoms with Crippen LogP contribution in [0.15, 0.2) is 60.7 Å². The molecule has 0 unspecified atom stereocenters. The first kappa shape index (κ1) is 22.1. The Morgan fingerprint density at radius 3 is 2.45 bits per heavy atom. The first-order valence-corrected chi connectivity index (χ1v) is 12.2. The van der Waals surface area contributed by atoms with Crippen LogP contribution >= 0.6 is 0 Å². The average Bonchev–Trinajstić information content (AvgIpc) is 2.81. The fraction of sp³-hybridized carbons (Fsp3) is 0.500. The zero-order valence-electron chi connectivity index (χ0n) is 19.2. The molecule has 0 amide bonds. The van der Waals surface area contributed by atoms with E-state index < -0.39 is 5.60 Å². The summed E-state index contributed by atoms with van der Waals surface area (Å²) in [6, 6.07) is 20.0. The van der Waals surface area contributed by atoms with Crippen molar-refractivity contribution < 1.29 is 5.11 Å². The van der Waals surface area contributed by atoms with E-state index in [0.29, 0.717) is 5.92 Å². The Labute approximate surface area is 188 Å². The molecule has 2 aromatic rings. The SMILES string of the molecule is CCN(CC)c1ccc([C@H]2[C@@H]3CCCC[C@]3(O)CCN2C/C=C/c2ccccc2)cc1. The lowest BCUT2D eigenvalue weighted by Gasteiger charge is -2.52. The summed E-state index contributed by atoms with van der Waals surface area (Å²) in [6.45, 7) is 8.34. The maximum atomic E-state index is 11.5. The minimum atomic E-state index is -0.500. The summed E-state index contributed by atoms with van der Waals surface area (Å²) in [5, 5.41) is 11.5. The van der Waals surface area contributed by atoms with Crippen molar-refractivity contribution in [3.63, 3.8) is 0 Å². The van der Waals surface area contributed by atoms with Crippen LogP contribution in [-0.2, 0) is 0 Å². The number of fused-ring (bicyclic) bond motifs is 1. The second kappa shape index (κ2) is 10.0. The monoisotopic (exact) mass is 418 g/mol. The van der Waals surface area contributed by atoms with E-state index in [9.17, 15) is 5.11 Å². The van der Waals surface area contributed by atoms with Gasteiger partial charge in [-0.15, -0.1) is 0 Å². The van der Waals surface area contributed by atoms with Gasteiger partial charge in [-0.25, -0.2) is 0 Å². The molecule has 4 rings (SSSR count). The molecule has 0 radical (unpaired) electrons. The van der Waals surface area contributed by atoms with Gasteiger partial charge >= 0.3 is 0 Å².